The van der Waals surface area contributed by atoms with Crippen LogP contribution in [0.5, 0.6) is 5.75 Å². The monoisotopic (exact) mass is 228 g/mol. The van der Waals surface area contributed by atoms with Crippen LogP contribution in [0.2, 0.25) is 0 Å². The maximum atomic E-state index is 8.64. The van der Waals surface area contributed by atoms with Gasteiger partial charge >= 0.3 is 0 Å². The third-order valence-corrected chi connectivity index (χ3v) is 2.26. The zero-order valence-electron chi connectivity index (χ0n) is 9.28. The van der Waals surface area contributed by atoms with E-state index in [0.717, 1.165) is 18.7 Å². The third kappa shape index (κ3) is 3.31. The molecule has 1 aromatic heterocycles. The van der Waals surface area contributed by atoms with Gasteiger partial charge in [-0.1, -0.05) is 5.21 Å². The van der Waals surface area contributed by atoms with E-state index in [1.807, 2.05) is 6.20 Å². The molecule has 0 aliphatic rings. The van der Waals surface area contributed by atoms with Crippen molar-refractivity contribution in [2.75, 3.05) is 6.61 Å². The van der Waals surface area contributed by atoms with Gasteiger partial charge in [0.05, 0.1) is 24.4 Å². The van der Waals surface area contributed by atoms with Gasteiger partial charge in [0.1, 0.15) is 5.75 Å². The number of hydrogen-bond donors (Lipinski definition) is 0. The molecule has 5 nitrogen and oxygen atoms in total. The van der Waals surface area contributed by atoms with Gasteiger partial charge in [-0.15, -0.1) is 5.10 Å². The van der Waals surface area contributed by atoms with Crippen LogP contribution in [-0.2, 0) is 6.54 Å². The smallest absolute Gasteiger partial charge is 0.119 e. The quantitative estimate of drug-likeness (QED) is 0.729. The molecule has 0 aliphatic carbocycles. The van der Waals surface area contributed by atoms with Crippen LogP contribution < -0.4 is 4.74 Å². The molecule has 0 saturated carbocycles. The summed E-state index contributed by atoms with van der Waals surface area (Å²) in [5, 5.41) is 16.2. The Balaban J connectivity index is 1.73. The van der Waals surface area contributed by atoms with Crippen molar-refractivity contribution in [3.63, 3.8) is 0 Å². The molecule has 0 saturated heterocycles. The molecule has 1 aromatic carbocycles. The molecule has 0 atom stereocenters. The second kappa shape index (κ2) is 5.66. The molecule has 0 N–H and O–H groups in total. The Morgan fingerprint density at radius 3 is 2.76 bits per heavy atom. The second-order valence-corrected chi connectivity index (χ2v) is 3.50. The summed E-state index contributed by atoms with van der Waals surface area (Å²) in [6.45, 7) is 1.40. The number of nitriles is 1. The van der Waals surface area contributed by atoms with Crippen LogP contribution in [-0.4, -0.2) is 21.6 Å². The first-order valence-corrected chi connectivity index (χ1v) is 5.35. The average Bonchev–Trinajstić information content (AvgIpc) is 2.88. The number of ether oxygens (including phenoxy) is 1. The highest BCUT2D eigenvalue weighted by molar-refractivity contribution is 5.34. The Bertz CT molecular complexity index is 484. The van der Waals surface area contributed by atoms with Crippen molar-refractivity contribution in [1.29, 1.82) is 5.26 Å². The van der Waals surface area contributed by atoms with Crippen molar-refractivity contribution in [3.05, 3.63) is 42.2 Å². The van der Waals surface area contributed by atoms with Gasteiger partial charge in [0.2, 0.25) is 0 Å². The van der Waals surface area contributed by atoms with Gasteiger partial charge in [-0.2, -0.15) is 5.26 Å². The predicted molar refractivity (Wildman–Crippen MR) is 61.3 cm³/mol. The molecule has 0 radical (unpaired) electrons. The standard InChI is InChI=1S/C12H12N4O/c13-10-11-2-4-12(5-3-11)17-9-1-7-16-8-6-14-15-16/h2-6,8H,1,7,9H2. The number of aromatic nitrogens is 3. The summed E-state index contributed by atoms with van der Waals surface area (Å²) in [7, 11) is 0. The summed E-state index contributed by atoms with van der Waals surface area (Å²) >= 11 is 0. The van der Waals surface area contributed by atoms with Crippen LogP contribution in [0.25, 0.3) is 0 Å². The summed E-state index contributed by atoms with van der Waals surface area (Å²) in [6.07, 6.45) is 4.34. The summed E-state index contributed by atoms with van der Waals surface area (Å²) < 4.78 is 7.30. The van der Waals surface area contributed by atoms with Crippen LogP contribution in [0.3, 0.4) is 0 Å². The SMILES string of the molecule is N#Cc1ccc(OCCCn2ccnn2)cc1. The van der Waals surface area contributed by atoms with E-state index in [0.29, 0.717) is 12.2 Å². The Morgan fingerprint density at radius 1 is 1.29 bits per heavy atom. The average molecular weight is 228 g/mol. The normalized spacial score (nSPS) is 9.82. The maximum Gasteiger partial charge on any atom is 0.119 e. The van der Waals surface area contributed by atoms with Crippen LogP contribution in [0.4, 0.5) is 0 Å². The van der Waals surface area contributed by atoms with E-state index < -0.39 is 0 Å². The van der Waals surface area contributed by atoms with E-state index >= 15 is 0 Å². The van der Waals surface area contributed by atoms with Gasteiger partial charge in [-0.3, -0.25) is 4.68 Å². The molecule has 0 aliphatic heterocycles. The fourth-order valence-electron chi connectivity index (χ4n) is 1.39. The molecule has 0 bridgehead atoms. The summed E-state index contributed by atoms with van der Waals surface area (Å²) in [4.78, 5) is 0. The third-order valence-electron chi connectivity index (χ3n) is 2.26. The highest BCUT2D eigenvalue weighted by Gasteiger charge is 1.96. The topological polar surface area (TPSA) is 63.7 Å². The number of rotatable bonds is 5. The molecular weight excluding hydrogens is 216 g/mol. The summed E-state index contributed by atoms with van der Waals surface area (Å²) in [5.74, 6) is 0.780. The number of nitrogens with zero attached hydrogens (tertiary/aromatic N) is 4. The van der Waals surface area contributed by atoms with Crippen LogP contribution >= 0.6 is 0 Å². The van der Waals surface area contributed by atoms with E-state index in [1.165, 1.54) is 0 Å². The van der Waals surface area contributed by atoms with Gasteiger partial charge in [0.15, 0.2) is 0 Å². The largest absolute Gasteiger partial charge is 0.494 e. The number of benzene rings is 1. The van der Waals surface area contributed by atoms with E-state index in [1.54, 1.807) is 35.1 Å². The lowest BCUT2D eigenvalue weighted by Crippen LogP contribution is -2.05. The number of aryl methyl sites for hydroxylation is 1. The zero-order valence-corrected chi connectivity index (χ0v) is 9.28. The first kappa shape index (κ1) is 11.1. The zero-order chi connectivity index (χ0) is 11.9. The lowest BCUT2D eigenvalue weighted by atomic mass is 10.2. The second-order valence-electron chi connectivity index (χ2n) is 3.50. The lowest BCUT2D eigenvalue weighted by molar-refractivity contribution is 0.298. The van der Waals surface area contributed by atoms with E-state index in [9.17, 15) is 0 Å². The summed E-state index contributed by atoms with van der Waals surface area (Å²) in [6, 6.07) is 9.15. The van der Waals surface area contributed by atoms with Crippen molar-refractivity contribution >= 4 is 0 Å². The Hall–Kier alpha value is -2.35. The lowest BCUT2D eigenvalue weighted by Gasteiger charge is -2.05. The summed E-state index contributed by atoms with van der Waals surface area (Å²) in [5.41, 5.74) is 0.639. The van der Waals surface area contributed by atoms with E-state index in [4.69, 9.17) is 10.00 Å². The van der Waals surface area contributed by atoms with Crippen LogP contribution in [0.1, 0.15) is 12.0 Å². The molecule has 0 amide bonds. The van der Waals surface area contributed by atoms with Crippen molar-refractivity contribution < 1.29 is 4.74 Å². The van der Waals surface area contributed by atoms with Gasteiger partial charge < -0.3 is 4.74 Å². The predicted octanol–water partition coefficient (Wildman–Crippen LogP) is 1.62. The van der Waals surface area contributed by atoms with Gasteiger partial charge in [-0.25, -0.2) is 0 Å². The fourth-order valence-corrected chi connectivity index (χ4v) is 1.39. The maximum absolute atomic E-state index is 8.64. The van der Waals surface area contributed by atoms with Gasteiger partial charge in [-0.05, 0) is 24.3 Å². The van der Waals surface area contributed by atoms with Crippen molar-refractivity contribution in [3.8, 4) is 11.8 Å². The molecular formula is C12H12N4O. The molecule has 0 spiro atoms. The Kier molecular flexibility index (Phi) is 3.71. The van der Waals surface area contributed by atoms with E-state index in [2.05, 4.69) is 16.4 Å². The molecule has 86 valence electrons. The van der Waals surface area contributed by atoms with Crippen LogP contribution in [0.15, 0.2) is 36.7 Å². The molecule has 17 heavy (non-hydrogen) atoms. The molecule has 1 heterocycles. The van der Waals surface area contributed by atoms with Crippen molar-refractivity contribution in [2.45, 2.75) is 13.0 Å². The fraction of sp³-hybridized carbons (Fsp3) is 0.250. The molecule has 5 heteroatoms. The first-order valence-electron chi connectivity index (χ1n) is 5.35. The minimum Gasteiger partial charge on any atom is -0.494 e. The van der Waals surface area contributed by atoms with Gasteiger partial charge in [0, 0.05) is 19.2 Å². The van der Waals surface area contributed by atoms with Crippen molar-refractivity contribution in [2.24, 2.45) is 0 Å². The minimum absolute atomic E-state index is 0.617. The first-order chi connectivity index (χ1) is 8.38. The highest BCUT2D eigenvalue weighted by atomic mass is 16.5. The molecule has 0 unspecified atom stereocenters. The van der Waals surface area contributed by atoms with Crippen LogP contribution in [0, 0.1) is 11.3 Å². The van der Waals surface area contributed by atoms with E-state index in [-0.39, 0.29) is 0 Å². The Labute approximate surface area is 99.2 Å². The minimum atomic E-state index is 0.617. The highest BCUT2D eigenvalue weighted by Crippen LogP contribution is 2.11. The molecule has 2 rings (SSSR count). The Morgan fingerprint density at radius 2 is 2.12 bits per heavy atom. The molecule has 2 aromatic rings. The number of hydrogen-bond acceptors (Lipinski definition) is 4. The molecule has 0 fully saturated rings. The van der Waals surface area contributed by atoms with Crippen molar-refractivity contribution in [1.82, 2.24) is 15.0 Å². The van der Waals surface area contributed by atoms with Gasteiger partial charge in [0.25, 0.3) is 0 Å².